The van der Waals surface area contributed by atoms with Crippen LogP contribution in [0.3, 0.4) is 0 Å². The number of likely N-dealkylation sites (N-methyl/N-ethyl adjacent to an activating group) is 1. The minimum Gasteiger partial charge on any atom is -0.496 e. The summed E-state index contributed by atoms with van der Waals surface area (Å²) in [5.41, 5.74) is 1.81. The zero-order valence-electron chi connectivity index (χ0n) is 15.7. The number of nitrogens with one attached hydrogen (secondary N) is 1. The van der Waals surface area contributed by atoms with E-state index in [1.807, 2.05) is 14.1 Å². The van der Waals surface area contributed by atoms with Gasteiger partial charge in [-0.2, -0.15) is 0 Å². The Labute approximate surface area is 162 Å². The van der Waals surface area contributed by atoms with E-state index in [4.69, 9.17) is 4.74 Å². The molecule has 0 fully saturated rings. The van der Waals surface area contributed by atoms with Gasteiger partial charge in [0, 0.05) is 23.7 Å². The van der Waals surface area contributed by atoms with Crippen LogP contribution in [0.1, 0.15) is 17.5 Å². The number of halogens is 3. The van der Waals surface area contributed by atoms with Crippen molar-refractivity contribution in [3.63, 3.8) is 0 Å². The lowest BCUT2D eigenvalue weighted by molar-refractivity contribution is 0.265. The molecule has 1 aliphatic carbocycles. The summed E-state index contributed by atoms with van der Waals surface area (Å²) in [6.07, 6.45) is 2.02. The van der Waals surface area contributed by atoms with Gasteiger partial charge in [-0.05, 0) is 51.1 Å². The largest absolute Gasteiger partial charge is 0.496 e. The van der Waals surface area contributed by atoms with Crippen LogP contribution in [0.15, 0.2) is 29.2 Å². The molecule has 28 heavy (non-hydrogen) atoms. The second kappa shape index (κ2) is 7.63. The lowest BCUT2D eigenvalue weighted by Gasteiger charge is -2.32. The lowest BCUT2D eigenvalue weighted by atomic mass is 9.86. The quantitative estimate of drug-likeness (QED) is 0.816. The van der Waals surface area contributed by atoms with Crippen LogP contribution in [-0.2, 0) is 22.9 Å². The zero-order valence-corrected chi connectivity index (χ0v) is 16.5. The fraction of sp³-hybridized carbons (Fsp3) is 0.368. The highest BCUT2D eigenvalue weighted by Crippen LogP contribution is 2.37. The van der Waals surface area contributed by atoms with E-state index < -0.39 is 32.4 Å². The van der Waals surface area contributed by atoms with E-state index in [0.717, 1.165) is 17.5 Å². The van der Waals surface area contributed by atoms with E-state index in [-0.39, 0.29) is 11.7 Å². The maximum absolute atomic E-state index is 14.0. The van der Waals surface area contributed by atoms with Crippen LogP contribution in [0.2, 0.25) is 0 Å². The Kier molecular flexibility index (Phi) is 5.58. The fourth-order valence-corrected chi connectivity index (χ4v) is 4.75. The molecular weight excluding hydrogens is 393 g/mol. The first-order valence-corrected chi connectivity index (χ1v) is 10.1. The van der Waals surface area contributed by atoms with Crippen molar-refractivity contribution >= 4 is 15.7 Å². The third kappa shape index (κ3) is 3.81. The van der Waals surface area contributed by atoms with Gasteiger partial charge in [0.2, 0.25) is 0 Å². The number of rotatable bonds is 5. The molecule has 0 spiro atoms. The van der Waals surface area contributed by atoms with Crippen LogP contribution in [0.5, 0.6) is 5.75 Å². The topological polar surface area (TPSA) is 58.6 Å². The van der Waals surface area contributed by atoms with Crippen molar-refractivity contribution < 1.29 is 26.3 Å². The third-order valence-corrected chi connectivity index (χ3v) is 6.40. The predicted molar refractivity (Wildman–Crippen MR) is 99.6 cm³/mol. The molecule has 2 aromatic carbocycles. The van der Waals surface area contributed by atoms with Crippen molar-refractivity contribution in [2.24, 2.45) is 0 Å². The normalized spacial score (nSPS) is 16.8. The molecule has 152 valence electrons. The molecule has 0 aromatic heterocycles. The molecule has 5 nitrogen and oxygen atoms in total. The molecule has 1 N–H and O–H groups in total. The Morgan fingerprint density at radius 3 is 2.32 bits per heavy atom. The third-order valence-electron chi connectivity index (χ3n) is 4.98. The first kappa shape index (κ1) is 20.5. The number of fused-ring (bicyclic) bond motifs is 1. The minimum atomic E-state index is -4.59. The summed E-state index contributed by atoms with van der Waals surface area (Å²) in [6.45, 7) is 0. The van der Waals surface area contributed by atoms with E-state index in [1.54, 1.807) is 6.07 Å². The fourth-order valence-electron chi connectivity index (χ4n) is 3.54. The van der Waals surface area contributed by atoms with Crippen molar-refractivity contribution in [2.45, 2.75) is 30.2 Å². The first-order valence-electron chi connectivity index (χ1n) is 8.66. The highest BCUT2D eigenvalue weighted by molar-refractivity contribution is 7.92. The number of sulfonamides is 1. The van der Waals surface area contributed by atoms with Crippen molar-refractivity contribution in [1.29, 1.82) is 0 Å². The van der Waals surface area contributed by atoms with Crippen LogP contribution in [0.4, 0.5) is 18.9 Å². The van der Waals surface area contributed by atoms with Gasteiger partial charge in [-0.1, -0.05) is 0 Å². The van der Waals surface area contributed by atoms with Crippen molar-refractivity contribution in [3.05, 3.63) is 52.8 Å². The standard InChI is InChI=1S/C19H21F3N2O3S/c1-24(2)12-4-5-13-14(10-12)18(27-3)7-6-17(13)23-28(25,26)19-15(21)8-11(20)9-16(19)22/h6-9,12,23H,4-5,10H2,1-3H3/t12-/m0/s1. The molecule has 0 saturated carbocycles. The van der Waals surface area contributed by atoms with Crippen molar-refractivity contribution in [2.75, 3.05) is 25.9 Å². The second-order valence-corrected chi connectivity index (χ2v) is 8.56. The lowest BCUT2D eigenvalue weighted by Crippen LogP contribution is -2.34. The summed E-state index contributed by atoms with van der Waals surface area (Å²) in [6, 6.07) is 4.06. The number of hydrogen-bond acceptors (Lipinski definition) is 4. The van der Waals surface area contributed by atoms with Crippen molar-refractivity contribution in [1.82, 2.24) is 4.90 Å². The van der Waals surface area contributed by atoms with Crippen LogP contribution in [0.25, 0.3) is 0 Å². The highest BCUT2D eigenvalue weighted by Gasteiger charge is 2.29. The van der Waals surface area contributed by atoms with Gasteiger partial charge in [0.25, 0.3) is 10.0 Å². The molecule has 0 saturated heterocycles. The number of nitrogens with zero attached hydrogens (tertiary/aromatic N) is 1. The second-order valence-electron chi connectivity index (χ2n) is 6.94. The smallest absolute Gasteiger partial charge is 0.267 e. The molecular formula is C19H21F3N2O3S. The summed E-state index contributed by atoms with van der Waals surface area (Å²) in [7, 11) is 0.872. The maximum atomic E-state index is 14.0. The van der Waals surface area contributed by atoms with E-state index in [0.29, 0.717) is 30.7 Å². The Morgan fingerprint density at radius 1 is 1.11 bits per heavy atom. The van der Waals surface area contributed by atoms with Gasteiger partial charge in [-0.3, -0.25) is 4.72 Å². The molecule has 3 rings (SSSR count). The van der Waals surface area contributed by atoms with Crippen molar-refractivity contribution in [3.8, 4) is 5.75 Å². The van der Waals surface area contributed by atoms with Crippen LogP contribution < -0.4 is 9.46 Å². The zero-order chi connectivity index (χ0) is 20.6. The van der Waals surface area contributed by atoms with E-state index in [2.05, 4.69) is 9.62 Å². The predicted octanol–water partition coefficient (Wildman–Crippen LogP) is 3.33. The molecule has 1 atom stereocenters. The van der Waals surface area contributed by atoms with Gasteiger partial charge in [-0.15, -0.1) is 0 Å². The molecule has 2 aromatic rings. The molecule has 0 unspecified atom stereocenters. The molecule has 9 heteroatoms. The van der Waals surface area contributed by atoms with Gasteiger partial charge in [0.05, 0.1) is 12.8 Å². The summed E-state index contributed by atoms with van der Waals surface area (Å²) < 4.78 is 74.0. The Hall–Kier alpha value is -2.26. The number of hydrogen-bond donors (Lipinski definition) is 1. The van der Waals surface area contributed by atoms with Crippen LogP contribution in [-0.4, -0.2) is 40.6 Å². The molecule has 0 bridgehead atoms. The minimum absolute atomic E-state index is 0.233. The van der Waals surface area contributed by atoms with Crippen LogP contribution >= 0.6 is 0 Å². The van der Waals surface area contributed by atoms with Gasteiger partial charge in [0.1, 0.15) is 23.2 Å². The first-order chi connectivity index (χ1) is 13.1. The van der Waals surface area contributed by atoms with E-state index in [1.165, 1.54) is 13.2 Å². The number of anilines is 1. The molecule has 0 radical (unpaired) electrons. The van der Waals surface area contributed by atoms with Gasteiger partial charge >= 0.3 is 0 Å². The molecule has 1 aliphatic rings. The number of ether oxygens (including phenoxy) is 1. The SMILES string of the molecule is COc1ccc(NS(=O)(=O)c2c(F)cc(F)cc2F)c2c1C[C@@H](N(C)C)CC2. The van der Waals surface area contributed by atoms with Crippen LogP contribution in [0, 0.1) is 17.5 Å². The molecule has 0 amide bonds. The Balaban J connectivity index is 2.03. The number of methoxy groups -OCH3 is 1. The maximum Gasteiger partial charge on any atom is 0.267 e. The van der Waals surface area contributed by atoms with E-state index >= 15 is 0 Å². The van der Waals surface area contributed by atoms with Gasteiger partial charge in [-0.25, -0.2) is 21.6 Å². The Bertz CT molecular complexity index is 987. The van der Waals surface area contributed by atoms with Gasteiger partial charge < -0.3 is 9.64 Å². The molecule has 0 aliphatic heterocycles. The highest BCUT2D eigenvalue weighted by atomic mass is 32.2. The molecule has 0 heterocycles. The van der Waals surface area contributed by atoms with E-state index in [9.17, 15) is 21.6 Å². The summed E-state index contributed by atoms with van der Waals surface area (Å²) in [5.74, 6) is -3.53. The Morgan fingerprint density at radius 2 is 1.75 bits per heavy atom. The average Bonchev–Trinajstić information content (AvgIpc) is 2.60. The monoisotopic (exact) mass is 414 g/mol. The average molecular weight is 414 g/mol. The summed E-state index contributed by atoms with van der Waals surface area (Å²) >= 11 is 0. The summed E-state index contributed by atoms with van der Waals surface area (Å²) in [4.78, 5) is 0.878. The summed E-state index contributed by atoms with van der Waals surface area (Å²) in [5, 5.41) is 0. The number of benzene rings is 2. The van der Waals surface area contributed by atoms with Gasteiger partial charge in [0.15, 0.2) is 4.90 Å².